The molecule has 0 saturated carbocycles. The number of benzene rings is 3. The van der Waals surface area contributed by atoms with Crippen LogP contribution in [-0.4, -0.2) is 17.9 Å². The molecule has 5 heteroatoms. The van der Waals surface area contributed by atoms with E-state index in [1.165, 1.54) is 0 Å². The molecular weight excluding hydrogens is 454 g/mol. The fourth-order valence-corrected chi connectivity index (χ4v) is 2.83. The van der Waals surface area contributed by atoms with Crippen molar-refractivity contribution in [3.63, 3.8) is 0 Å². The third-order valence-electron chi connectivity index (χ3n) is 4.48. The van der Waals surface area contributed by atoms with Gasteiger partial charge >= 0.3 is 0 Å². The first-order valence-electron chi connectivity index (χ1n) is 10.2. The van der Waals surface area contributed by atoms with Gasteiger partial charge in [-0.2, -0.15) is 0 Å². The molecule has 3 rings (SSSR count). The lowest BCUT2D eigenvalue weighted by atomic mass is 10.1. The summed E-state index contributed by atoms with van der Waals surface area (Å²) in [6.07, 6.45) is 0. The van der Waals surface area contributed by atoms with Gasteiger partial charge in [-0.3, -0.25) is 4.79 Å². The topological polar surface area (TPSA) is 47.6 Å². The van der Waals surface area contributed by atoms with Crippen LogP contribution in [0.3, 0.4) is 0 Å². The van der Waals surface area contributed by atoms with Gasteiger partial charge in [-0.25, -0.2) is 0 Å². The Morgan fingerprint density at radius 3 is 1.65 bits per heavy atom. The smallest absolute Gasteiger partial charge is 0.176 e. The highest BCUT2D eigenvalue weighted by Crippen LogP contribution is 2.25. The third-order valence-corrected chi connectivity index (χ3v) is 4.48. The zero-order chi connectivity index (χ0) is 21.4. The molecule has 0 heterocycles. The molecule has 3 aromatic rings. The Balaban J connectivity index is 0.00000341. The van der Waals surface area contributed by atoms with E-state index in [9.17, 15) is 4.79 Å². The van der Waals surface area contributed by atoms with Crippen LogP contribution in [0, 0.1) is 0 Å². The zero-order valence-electron chi connectivity index (χ0n) is 18.3. The van der Waals surface area contributed by atoms with Crippen LogP contribution in [0.25, 0.3) is 0 Å². The van der Waals surface area contributed by atoms with Gasteiger partial charge < -0.3 is 14.8 Å². The van der Waals surface area contributed by atoms with E-state index in [1.54, 1.807) is 12.1 Å². The lowest BCUT2D eigenvalue weighted by molar-refractivity contribution is 0.0981. The molecule has 164 valence electrons. The third kappa shape index (κ3) is 8.56. The Morgan fingerprint density at radius 1 is 0.774 bits per heavy atom. The number of ketones is 1. The minimum atomic E-state index is -0.135. The lowest BCUT2D eigenvalue weighted by Crippen LogP contribution is -2.39. The molecule has 0 spiro atoms. The Hall–Kier alpha value is -2.63. The van der Waals surface area contributed by atoms with Crippen LogP contribution >= 0.6 is 17.0 Å². The average molecular weight is 484 g/mol. The van der Waals surface area contributed by atoms with E-state index in [1.807, 2.05) is 87.5 Å². The van der Waals surface area contributed by atoms with E-state index in [-0.39, 0.29) is 34.8 Å². The largest absolute Gasteiger partial charge is 0.489 e. The SMILES string of the molecule is Br.CC(C)(C)NCC(=O)c1cc(OCc2ccccc2)cc(OCc2ccccc2)c1. The van der Waals surface area contributed by atoms with Crippen LogP contribution in [0.5, 0.6) is 11.5 Å². The molecule has 0 atom stereocenters. The maximum absolute atomic E-state index is 12.8. The number of hydrogen-bond donors (Lipinski definition) is 1. The molecule has 0 aliphatic heterocycles. The van der Waals surface area contributed by atoms with Crippen LogP contribution in [0.1, 0.15) is 42.3 Å². The first kappa shape index (κ1) is 24.6. The predicted octanol–water partition coefficient (Wildman–Crippen LogP) is 5.99. The van der Waals surface area contributed by atoms with Crippen molar-refractivity contribution in [1.29, 1.82) is 0 Å². The first-order chi connectivity index (χ1) is 14.4. The predicted molar refractivity (Wildman–Crippen MR) is 130 cm³/mol. The maximum atomic E-state index is 12.8. The highest BCUT2D eigenvalue weighted by Gasteiger charge is 2.15. The molecule has 3 aromatic carbocycles. The van der Waals surface area contributed by atoms with E-state index < -0.39 is 0 Å². The van der Waals surface area contributed by atoms with E-state index >= 15 is 0 Å². The summed E-state index contributed by atoms with van der Waals surface area (Å²) >= 11 is 0. The minimum absolute atomic E-state index is 0. The summed E-state index contributed by atoms with van der Waals surface area (Å²) in [6.45, 7) is 7.22. The van der Waals surface area contributed by atoms with E-state index in [0.29, 0.717) is 30.3 Å². The highest BCUT2D eigenvalue weighted by molar-refractivity contribution is 8.93. The van der Waals surface area contributed by atoms with Crippen molar-refractivity contribution in [2.75, 3.05) is 6.54 Å². The molecular formula is C26H30BrNO3. The average Bonchev–Trinajstić information content (AvgIpc) is 2.75. The fourth-order valence-electron chi connectivity index (χ4n) is 2.83. The van der Waals surface area contributed by atoms with Crippen molar-refractivity contribution in [2.24, 2.45) is 0 Å². The van der Waals surface area contributed by atoms with Crippen molar-refractivity contribution in [2.45, 2.75) is 39.5 Å². The molecule has 0 amide bonds. The van der Waals surface area contributed by atoms with Crippen molar-refractivity contribution < 1.29 is 14.3 Å². The summed E-state index contributed by atoms with van der Waals surface area (Å²) < 4.78 is 11.9. The molecule has 0 fully saturated rings. The van der Waals surface area contributed by atoms with Crippen molar-refractivity contribution in [3.05, 3.63) is 95.6 Å². The van der Waals surface area contributed by atoms with Gasteiger partial charge in [-0.1, -0.05) is 60.7 Å². The van der Waals surface area contributed by atoms with Gasteiger partial charge in [0, 0.05) is 17.2 Å². The summed E-state index contributed by atoms with van der Waals surface area (Å²) in [7, 11) is 0. The quantitative estimate of drug-likeness (QED) is 0.379. The molecule has 0 radical (unpaired) electrons. The second-order valence-corrected chi connectivity index (χ2v) is 8.27. The second-order valence-electron chi connectivity index (χ2n) is 8.27. The number of hydrogen-bond acceptors (Lipinski definition) is 4. The Kier molecular flexibility index (Phi) is 9.28. The highest BCUT2D eigenvalue weighted by atomic mass is 79.9. The Morgan fingerprint density at radius 2 is 1.23 bits per heavy atom. The zero-order valence-corrected chi connectivity index (χ0v) is 20.0. The van der Waals surface area contributed by atoms with Gasteiger partial charge in [-0.15, -0.1) is 17.0 Å². The summed E-state index contributed by atoms with van der Waals surface area (Å²) in [4.78, 5) is 12.8. The Bertz CT molecular complexity index is 892. The van der Waals surface area contributed by atoms with Crippen LogP contribution in [0.2, 0.25) is 0 Å². The van der Waals surface area contributed by atoms with Crippen LogP contribution < -0.4 is 14.8 Å². The second kappa shape index (κ2) is 11.7. The molecule has 0 unspecified atom stereocenters. The molecule has 0 saturated heterocycles. The number of carbonyl (C=O) groups is 1. The number of carbonyl (C=O) groups excluding carboxylic acids is 1. The first-order valence-corrected chi connectivity index (χ1v) is 10.2. The van der Waals surface area contributed by atoms with Gasteiger partial charge in [-0.05, 0) is 44.0 Å². The van der Waals surface area contributed by atoms with Crippen LogP contribution in [-0.2, 0) is 13.2 Å². The number of Topliss-reactive ketones (excluding diaryl/α,β-unsaturated/α-hetero) is 1. The standard InChI is InChI=1S/C26H29NO3.BrH/c1-26(2,3)27-17-25(28)22-14-23(29-18-20-10-6-4-7-11-20)16-24(15-22)30-19-21-12-8-5-9-13-21;/h4-16,27H,17-19H2,1-3H3;1H. The fraction of sp³-hybridized carbons (Fsp3) is 0.269. The van der Waals surface area contributed by atoms with Gasteiger partial charge in [0.25, 0.3) is 0 Å². The molecule has 0 aliphatic carbocycles. The van der Waals surface area contributed by atoms with Crippen molar-refractivity contribution >= 4 is 22.8 Å². The normalized spacial score (nSPS) is 10.8. The van der Waals surface area contributed by atoms with E-state index in [4.69, 9.17) is 9.47 Å². The van der Waals surface area contributed by atoms with Gasteiger partial charge in [0.05, 0.1) is 6.54 Å². The number of rotatable bonds is 9. The van der Waals surface area contributed by atoms with Crippen molar-refractivity contribution in [3.8, 4) is 11.5 Å². The molecule has 31 heavy (non-hydrogen) atoms. The number of halogens is 1. The monoisotopic (exact) mass is 483 g/mol. The summed E-state index contributed by atoms with van der Waals surface area (Å²) in [6, 6.07) is 25.3. The van der Waals surface area contributed by atoms with Gasteiger partial charge in [0.2, 0.25) is 0 Å². The van der Waals surface area contributed by atoms with Gasteiger partial charge in [0.15, 0.2) is 5.78 Å². The minimum Gasteiger partial charge on any atom is -0.489 e. The van der Waals surface area contributed by atoms with E-state index in [2.05, 4.69) is 5.32 Å². The number of nitrogens with one attached hydrogen (secondary N) is 1. The van der Waals surface area contributed by atoms with Crippen molar-refractivity contribution in [1.82, 2.24) is 5.32 Å². The molecule has 0 aromatic heterocycles. The molecule has 4 nitrogen and oxygen atoms in total. The number of ether oxygens (including phenoxy) is 2. The van der Waals surface area contributed by atoms with Crippen LogP contribution in [0.4, 0.5) is 0 Å². The summed E-state index contributed by atoms with van der Waals surface area (Å²) in [5.74, 6) is 1.23. The molecule has 0 bridgehead atoms. The van der Waals surface area contributed by atoms with Crippen LogP contribution in [0.15, 0.2) is 78.9 Å². The van der Waals surface area contributed by atoms with E-state index in [0.717, 1.165) is 11.1 Å². The summed E-state index contributed by atoms with van der Waals surface area (Å²) in [5.41, 5.74) is 2.56. The summed E-state index contributed by atoms with van der Waals surface area (Å²) in [5, 5.41) is 3.24. The molecule has 0 aliphatic rings. The maximum Gasteiger partial charge on any atom is 0.176 e. The molecule has 1 N–H and O–H groups in total. The lowest BCUT2D eigenvalue weighted by Gasteiger charge is -2.20. The van der Waals surface area contributed by atoms with Gasteiger partial charge in [0.1, 0.15) is 24.7 Å². The Labute approximate surface area is 195 Å².